The zero-order chi connectivity index (χ0) is 35.1. The maximum Gasteiger partial charge on any atom is 0.161 e. The molecule has 1 fully saturated rings. The van der Waals surface area contributed by atoms with E-state index < -0.39 is 0 Å². The fourth-order valence-electron chi connectivity index (χ4n) is 4.77. The standard InChI is InChI=1S/C25H34N4O2.C11H17NO2.C3H8/c1-3-28(12-16-30-17-13-29-14-18-31-19-15-29)20-22-8-10-23(11-9-22)21(2)27-25-7-5-4-6-24(25)26;1-12(2)8-9-5-6-10(13-3)11(7-9)14-4;1-3-2/h3-11,27H,1-2,12-20,26H2;5-7H,8H2,1-4H3;3H2,1-2H3. The van der Waals surface area contributed by atoms with Crippen molar-refractivity contribution in [3.63, 3.8) is 0 Å². The van der Waals surface area contributed by atoms with Gasteiger partial charge in [-0.25, -0.2) is 0 Å². The molecule has 0 spiro atoms. The molecule has 0 atom stereocenters. The van der Waals surface area contributed by atoms with Gasteiger partial charge in [-0.1, -0.05) is 75.9 Å². The smallest absolute Gasteiger partial charge is 0.161 e. The van der Waals surface area contributed by atoms with Crippen LogP contribution in [0.2, 0.25) is 0 Å². The second-order valence-corrected chi connectivity index (χ2v) is 11.7. The van der Waals surface area contributed by atoms with E-state index in [-0.39, 0.29) is 0 Å². The molecule has 0 saturated carbocycles. The number of benzene rings is 3. The highest BCUT2D eigenvalue weighted by Crippen LogP contribution is 2.28. The molecule has 0 amide bonds. The number of hydrogen-bond acceptors (Lipinski definition) is 9. The molecule has 3 aromatic carbocycles. The van der Waals surface area contributed by atoms with Crippen LogP contribution in [0.1, 0.15) is 37.0 Å². The summed E-state index contributed by atoms with van der Waals surface area (Å²) >= 11 is 0. The molecule has 3 N–H and O–H groups in total. The lowest BCUT2D eigenvalue weighted by atomic mass is 10.1. The van der Waals surface area contributed by atoms with Gasteiger partial charge in [-0.2, -0.15) is 0 Å². The van der Waals surface area contributed by atoms with Crippen molar-refractivity contribution in [2.24, 2.45) is 0 Å². The zero-order valence-corrected chi connectivity index (χ0v) is 30.2. The van der Waals surface area contributed by atoms with E-state index in [4.69, 9.17) is 24.7 Å². The van der Waals surface area contributed by atoms with E-state index in [0.717, 1.165) is 87.5 Å². The SMILES string of the molecule is C=CN(CCOCCN1CCOCC1)Cc1ccc(C(=C)Nc2ccccc2N)cc1.CCC.COc1ccc(CN(C)C)cc1OC. The topological polar surface area (TPSA) is 84.7 Å². The molecule has 4 rings (SSSR count). The Morgan fingerprint density at radius 3 is 2.17 bits per heavy atom. The molecule has 3 aromatic rings. The molecule has 0 aliphatic carbocycles. The molecular weight excluding hydrogens is 602 g/mol. The summed E-state index contributed by atoms with van der Waals surface area (Å²) in [7, 11) is 7.37. The van der Waals surface area contributed by atoms with E-state index >= 15 is 0 Å². The molecule has 9 heteroatoms. The van der Waals surface area contributed by atoms with Crippen LogP contribution in [0, 0.1) is 0 Å². The minimum Gasteiger partial charge on any atom is -0.493 e. The van der Waals surface area contributed by atoms with E-state index in [0.29, 0.717) is 12.3 Å². The molecule has 264 valence electrons. The molecule has 48 heavy (non-hydrogen) atoms. The predicted octanol–water partition coefficient (Wildman–Crippen LogP) is 6.83. The minimum absolute atomic E-state index is 0.688. The monoisotopic (exact) mass is 661 g/mol. The first kappa shape index (κ1) is 40.2. The van der Waals surface area contributed by atoms with E-state index in [9.17, 15) is 0 Å². The first-order valence-electron chi connectivity index (χ1n) is 16.7. The third-order valence-electron chi connectivity index (χ3n) is 7.32. The van der Waals surface area contributed by atoms with Gasteiger partial charge < -0.3 is 39.8 Å². The van der Waals surface area contributed by atoms with Gasteiger partial charge >= 0.3 is 0 Å². The number of nitrogens with two attached hydrogens (primary N) is 1. The number of nitrogens with one attached hydrogen (secondary N) is 1. The summed E-state index contributed by atoms with van der Waals surface area (Å²) in [6.45, 7) is 20.9. The Morgan fingerprint density at radius 1 is 0.917 bits per heavy atom. The van der Waals surface area contributed by atoms with Crippen molar-refractivity contribution in [2.75, 3.05) is 92.0 Å². The lowest BCUT2D eigenvalue weighted by molar-refractivity contribution is 0.0188. The predicted molar refractivity (Wildman–Crippen MR) is 202 cm³/mol. The fourth-order valence-corrected chi connectivity index (χ4v) is 4.77. The van der Waals surface area contributed by atoms with Gasteiger partial charge in [0.25, 0.3) is 0 Å². The van der Waals surface area contributed by atoms with Crippen LogP contribution >= 0.6 is 0 Å². The van der Waals surface area contributed by atoms with Gasteiger partial charge in [0.15, 0.2) is 11.5 Å². The lowest BCUT2D eigenvalue weighted by Crippen LogP contribution is -2.38. The van der Waals surface area contributed by atoms with Crippen LogP contribution in [-0.4, -0.2) is 95.6 Å². The van der Waals surface area contributed by atoms with E-state index in [1.165, 1.54) is 17.5 Å². The van der Waals surface area contributed by atoms with Crippen molar-refractivity contribution in [3.05, 3.63) is 103 Å². The van der Waals surface area contributed by atoms with Crippen molar-refractivity contribution < 1.29 is 18.9 Å². The summed E-state index contributed by atoms with van der Waals surface area (Å²) in [5, 5.41) is 3.29. The summed E-state index contributed by atoms with van der Waals surface area (Å²) in [4.78, 5) is 6.66. The molecule has 1 saturated heterocycles. The van der Waals surface area contributed by atoms with E-state index in [2.05, 4.69) is 71.3 Å². The highest BCUT2D eigenvalue weighted by Gasteiger charge is 2.10. The fraction of sp³-hybridized carbons (Fsp3) is 0.436. The number of morpholine rings is 1. The van der Waals surface area contributed by atoms with Crippen molar-refractivity contribution in [1.82, 2.24) is 14.7 Å². The van der Waals surface area contributed by atoms with Crippen molar-refractivity contribution in [2.45, 2.75) is 33.4 Å². The van der Waals surface area contributed by atoms with Crippen LogP contribution in [0.5, 0.6) is 11.5 Å². The summed E-state index contributed by atoms with van der Waals surface area (Å²) in [6.07, 6.45) is 3.12. The Bertz CT molecular complexity index is 1330. The Balaban J connectivity index is 0.000000392. The largest absolute Gasteiger partial charge is 0.493 e. The Morgan fingerprint density at radius 2 is 1.56 bits per heavy atom. The Kier molecular flexibility index (Phi) is 19.5. The molecule has 0 unspecified atom stereocenters. The Hall–Kier alpha value is -4.02. The lowest BCUT2D eigenvalue weighted by Gasteiger charge is -2.26. The summed E-state index contributed by atoms with van der Waals surface area (Å²) in [5.41, 5.74) is 11.8. The quantitative estimate of drug-likeness (QED) is 0.127. The van der Waals surface area contributed by atoms with Gasteiger partial charge in [0.1, 0.15) is 0 Å². The van der Waals surface area contributed by atoms with Gasteiger partial charge in [-0.05, 0) is 61.3 Å². The molecule has 1 heterocycles. The van der Waals surface area contributed by atoms with Gasteiger partial charge in [0.2, 0.25) is 0 Å². The number of hydrogen-bond donors (Lipinski definition) is 2. The number of nitrogens with zero attached hydrogens (tertiary/aromatic N) is 3. The van der Waals surface area contributed by atoms with Crippen LogP contribution in [0.3, 0.4) is 0 Å². The zero-order valence-electron chi connectivity index (χ0n) is 30.2. The average Bonchev–Trinajstić information content (AvgIpc) is 3.09. The van der Waals surface area contributed by atoms with Crippen molar-refractivity contribution in [1.29, 1.82) is 0 Å². The molecular formula is C39H59N5O4. The van der Waals surface area contributed by atoms with E-state index in [1.807, 2.05) is 62.8 Å². The third kappa shape index (κ3) is 15.3. The highest BCUT2D eigenvalue weighted by molar-refractivity contribution is 5.80. The van der Waals surface area contributed by atoms with Gasteiger partial charge in [0.05, 0.1) is 52.0 Å². The van der Waals surface area contributed by atoms with E-state index in [1.54, 1.807) is 14.2 Å². The van der Waals surface area contributed by atoms with Crippen molar-refractivity contribution >= 4 is 17.1 Å². The van der Waals surface area contributed by atoms with Crippen LogP contribution in [0.4, 0.5) is 11.4 Å². The maximum absolute atomic E-state index is 6.00. The number of para-hydroxylation sites is 2. The Labute approximate surface area is 289 Å². The summed E-state index contributed by atoms with van der Waals surface area (Å²) in [6, 6.07) is 22.0. The maximum atomic E-state index is 6.00. The van der Waals surface area contributed by atoms with Gasteiger partial charge in [0, 0.05) is 45.0 Å². The molecule has 0 bridgehead atoms. The first-order chi connectivity index (χ1) is 23.2. The first-order valence-corrected chi connectivity index (χ1v) is 16.7. The van der Waals surface area contributed by atoms with Crippen LogP contribution < -0.4 is 20.5 Å². The highest BCUT2D eigenvalue weighted by atomic mass is 16.5. The van der Waals surface area contributed by atoms with Crippen molar-refractivity contribution in [3.8, 4) is 11.5 Å². The molecule has 0 radical (unpaired) electrons. The van der Waals surface area contributed by atoms with Crippen LogP contribution in [-0.2, 0) is 22.6 Å². The molecule has 1 aliphatic rings. The normalized spacial score (nSPS) is 12.6. The second kappa shape index (κ2) is 23.3. The van der Waals surface area contributed by atoms with Crippen LogP contribution in [0.15, 0.2) is 86.1 Å². The van der Waals surface area contributed by atoms with Gasteiger partial charge in [-0.3, -0.25) is 4.90 Å². The minimum atomic E-state index is 0.688. The van der Waals surface area contributed by atoms with Crippen LogP contribution in [0.25, 0.3) is 5.70 Å². The summed E-state index contributed by atoms with van der Waals surface area (Å²) in [5.74, 6) is 1.56. The molecule has 9 nitrogen and oxygen atoms in total. The van der Waals surface area contributed by atoms with Gasteiger partial charge in [-0.15, -0.1) is 0 Å². The number of rotatable bonds is 16. The third-order valence-corrected chi connectivity index (χ3v) is 7.32. The number of nitrogen functional groups attached to an aromatic ring is 1. The molecule has 0 aromatic heterocycles. The molecule has 1 aliphatic heterocycles. The number of ether oxygens (including phenoxy) is 4. The average molecular weight is 662 g/mol. The number of methoxy groups -OCH3 is 2. The number of anilines is 2. The summed E-state index contributed by atoms with van der Waals surface area (Å²) < 4.78 is 21.6. The second-order valence-electron chi connectivity index (χ2n) is 11.7.